The Hall–Kier alpha value is -0.760. The summed E-state index contributed by atoms with van der Waals surface area (Å²) in [7, 11) is 0. The van der Waals surface area contributed by atoms with Crippen molar-refractivity contribution in [3.05, 3.63) is 23.7 Å². The second-order valence-corrected chi connectivity index (χ2v) is 3.20. The molecule has 12 heavy (non-hydrogen) atoms. The van der Waals surface area contributed by atoms with E-state index in [4.69, 9.17) is 10.2 Å². The van der Waals surface area contributed by atoms with Crippen LogP contribution in [0.5, 0.6) is 0 Å². The zero-order valence-corrected chi connectivity index (χ0v) is 7.84. The Bertz CT molecular complexity index is 229. The second kappa shape index (κ2) is 4.31. The highest BCUT2D eigenvalue weighted by atomic mass is 16.3. The summed E-state index contributed by atoms with van der Waals surface area (Å²) < 4.78 is 5.42. The summed E-state index contributed by atoms with van der Waals surface area (Å²) in [4.78, 5) is 0. The molecule has 0 bridgehead atoms. The van der Waals surface area contributed by atoms with Gasteiger partial charge in [-0.3, -0.25) is 0 Å². The third kappa shape index (κ3) is 2.38. The first-order valence-electron chi connectivity index (χ1n) is 4.56. The molecular formula is C10H17NO. The Labute approximate surface area is 73.8 Å². The maximum absolute atomic E-state index is 5.90. The smallest absolute Gasteiger partial charge is 0.120 e. The van der Waals surface area contributed by atoms with Crippen molar-refractivity contribution in [3.8, 4) is 0 Å². The van der Waals surface area contributed by atoms with Gasteiger partial charge in [-0.25, -0.2) is 0 Å². The molecule has 1 aromatic rings. The Balaban J connectivity index is 2.47. The minimum atomic E-state index is 0.0821. The third-order valence-corrected chi connectivity index (χ3v) is 2.00. The van der Waals surface area contributed by atoms with Crippen molar-refractivity contribution in [2.75, 3.05) is 0 Å². The zero-order chi connectivity index (χ0) is 8.97. The molecule has 0 spiro atoms. The molecule has 0 radical (unpaired) electrons. The van der Waals surface area contributed by atoms with Crippen LogP contribution in [0.25, 0.3) is 0 Å². The second-order valence-electron chi connectivity index (χ2n) is 3.20. The molecule has 0 aliphatic rings. The van der Waals surface area contributed by atoms with Crippen molar-refractivity contribution in [2.45, 2.75) is 39.2 Å². The normalized spacial score (nSPS) is 13.2. The highest BCUT2D eigenvalue weighted by Gasteiger charge is 2.08. The van der Waals surface area contributed by atoms with E-state index in [-0.39, 0.29) is 6.04 Å². The summed E-state index contributed by atoms with van der Waals surface area (Å²) in [6, 6.07) is 4.01. The van der Waals surface area contributed by atoms with Gasteiger partial charge in [-0.05, 0) is 25.5 Å². The number of aryl methyl sites for hydroxylation is 1. The summed E-state index contributed by atoms with van der Waals surface area (Å²) in [5.74, 6) is 1.86. The molecule has 2 N–H and O–H groups in total. The minimum Gasteiger partial charge on any atom is -0.465 e. The molecule has 2 nitrogen and oxygen atoms in total. The standard InChI is InChI=1S/C10H17NO/c1-3-4-5-9(11)10-7-6-8(2)12-10/h6-7,9H,3-5,11H2,1-2H3. The van der Waals surface area contributed by atoms with Gasteiger partial charge in [-0.15, -0.1) is 0 Å². The SMILES string of the molecule is CCCCC(N)c1ccc(C)o1. The molecule has 1 aromatic heterocycles. The fraction of sp³-hybridized carbons (Fsp3) is 0.600. The van der Waals surface area contributed by atoms with Gasteiger partial charge in [0.1, 0.15) is 11.5 Å². The monoisotopic (exact) mass is 167 g/mol. The van der Waals surface area contributed by atoms with Gasteiger partial charge in [-0.1, -0.05) is 19.8 Å². The van der Waals surface area contributed by atoms with Crippen molar-refractivity contribution in [2.24, 2.45) is 5.73 Å². The van der Waals surface area contributed by atoms with Gasteiger partial charge in [0, 0.05) is 0 Å². The average Bonchev–Trinajstić information content (AvgIpc) is 2.47. The highest BCUT2D eigenvalue weighted by Crippen LogP contribution is 2.18. The minimum absolute atomic E-state index is 0.0821. The lowest BCUT2D eigenvalue weighted by Crippen LogP contribution is -2.08. The van der Waals surface area contributed by atoms with E-state index >= 15 is 0 Å². The number of unbranched alkanes of at least 4 members (excludes halogenated alkanes) is 1. The van der Waals surface area contributed by atoms with Crippen molar-refractivity contribution in [1.82, 2.24) is 0 Å². The van der Waals surface area contributed by atoms with Gasteiger partial charge in [0.05, 0.1) is 6.04 Å². The van der Waals surface area contributed by atoms with Crippen LogP contribution in [0.1, 0.15) is 43.7 Å². The third-order valence-electron chi connectivity index (χ3n) is 2.00. The van der Waals surface area contributed by atoms with Crippen LogP contribution in [-0.2, 0) is 0 Å². The van der Waals surface area contributed by atoms with Crippen molar-refractivity contribution in [1.29, 1.82) is 0 Å². The van der Waals surface area contributed by atoms with Gasteiger partial charge < -0.3 is 10.2 Å². The van der Waals surface area contributed by atoms with E-state index in [0.29, 0.717) is 0 Å². The average molecular weight is 167 g/mol. The summed E-state index contributed by atoms with van der Waals surface area (Å²) in [6.45, 7) is 4.11. The molecule has 0 amide bonds. The van der Waals surface area contributed by atoms with Crippen LogP contribution in [0.15, 0.2) is 16.5 Å². The van der Waals surface area contributed by atoms with Gasteiger partial charge in [0.2, 0.25) is 0 Å². The van der Waals surface area contributed by atoms with Crippen LogP contribution in [0.2, 0.25) is 0 Å². The topological polar surface area (TPSA) is 39.2 Å². The summed E-state index contributed by atoms with van der Waals surface area (Å²) in [5.41, 5.74) is 5.90. The molecule has 0 aromatic carbocycles. The molecule has 0 fully saturated rings. The highest BCUT2D eigenvalue weighted by molar-refractivity contribution is 5.08. The Morgan fingerprint density at radius 2 is 2.25 bits per heavy atom. The molecule has 1 atom stereocenters. The first kappa shape index (κ1) is 9.33. The molecule has 0 aliphatic carbocycles. The van der Waals surface area contributed by atoms with Crippen LogP contribution >= 0.6 is 0 Å². The van der Waals surface area contributed by atoms with E-state index in [1.807, 2.05) is 19.1 Å². The number of rotatable bonds is 4. The number of furan rings is 1. The molecule has 0 saturated carbocycles. The van der Waals surface area contributed by atoms with E-state index in [9.17, 15) is 0 Å². The van der Waals surface area contributed by atoms with Crippen LogP contribution in [0.4, 0.5) is 0 Å². The molecule has 1 unspecified atom stereocenters. The van der Waals surface area contributed by atoms with Crippen LogP contribution in [0.3, 0.4) is 0 Å². The Morgan fingerprint density at radius 1 is 1.50 bits per heavy atom. The van der Waals surface area contributed by atoms with Crippen molar-refractivity contribution in [3.63, 3.8) is 0 Å². The van der Waals surface area contributed by atoms with Crippen molar-refractivity contribution >= 4 is 0 Å². The summed E-state index contributed by atoms with van der Waals surface area (Å²) in [6.07, 6.45) is 3.37. The zero-order valence-electron chi connectivity index (χ0n) is 7.84. The summed E-state index contributed by atoms with van der Waals surface area (Å²) in [5, 5.41) is 0. The number of hydrogen-bond acceptors (Lipinski definition) is 2. The van der Waals surface area contributed by atoms with Gasteiger partial charge >= 0.3 is 0 Å². The molecule has 1 rings (SSSR count). The number of hydrogen-bond donors (Lipinski definition) is 1. The molecule has 0 saturated heterocycles. The lowest BCUT2D eigenvalue weighted by atomic mass is 10.1. The van der Waals surface area contributed by atoms with E-state index in [1.54, 1.807) is 0 Å². The molecular weight excluding hydrogens is 150 g/mol. The van der Waals surface area contributed by atoms with Crippen LogP contribution in [0, 0.1) is 6.92 Å². The fourth-order valence-corrected chi connectivity index (χ4v) is 1.22. The molecule has 0 aliphatic heterocycles. The maximum Gasteiger partial charge on any atom is 0.120 e. The largest absolute Gasteiger partial charge is 0.465 e. The predicted octanol–water partition coefficient (Wildman–Crippen LogP) is 2.78. The van der Waals surface area contributed by atoms with Crippen LogP contribution in [-0.4, -0.2) is 0 Å². The van der Waals surface area contributed by atoms with Gasteiger partial charge in [0.25, 0.3) is 0 Å². The van der Waals surface area contributed by atoms with Crippen molar-refractivity contribution < 1.29 is 4.42 Å². The molecule has 68 valence electrons. The van der Waals surface area contributed by atoms with E-state index < -0.39 is 0 Å². The van der Waals surface area contributed by atoms with E-state index in [2.05, 4.69) is 6.92 Å². The maximum atomic E-state index is 5.90. The fourth-order valence-electron chi connectivity index (χ4n) is 1.22. The number of nitrogens with two attached hydrogens (primary N) is 1. The summed E-state index contributed by atoms with van der Waals surface area (Å²) >= 11 is 0. The van der Waals surface area contributed by atoms with E-state index in [1.165, 1.54) is 12.8 Å². The first-order valence-corrected chi connectivity index (χ1v) is 4.56. The Morgan fingerprint density at radius 3 is 2.75 bits per heavy atom. The molecule has 1 heterocycles. The lowest BCUT2D eigenvalue weighted by Gasteiger charge is -2.06. The first-order chi connectivity index (χ1) is 5.74. The van der Waals surface area contributed by atoms with Crippen LogP contribution < -0.4 is 5.73 Å². The Kier molecular flexibility index (Phi) is 3.35. The quantitative estimate of drug-likeness (QED) is 0.748. The van der Waals surface area contributed by atoms with Gasteiger partial charge in [-0.2, -0.15) is 0 Å². The lowest BCUT2D eigenvalue weighted by molar-refractivity contribution is 0.428. The van der Waals surface area contributed by atoms with Gasteiger partial charge in [0.15, 0.2) is 0 Å². The van der Waals surface area contributed by atoms with E-state index in [0.717, 1.165) is 17.9 Å². The predicted molar refractivity (Wildman–Crippen MR) is 49.9 cm³/mol. The molecule has 2 heteroatoms.